The van der Waals surface area contributed by atoms with E-state index in [1.54, 1.807) is 6.20 Å². The van der Waals surface area contributed by atoms with Gasteiger partial charge in [0.05, 0.1) is 4.47 Å². The van der Waals surface area contributed by atoms with Gasteiger partial charge in [-0.05, 0) is 55.6 Å². The largest absolute Gasteiger partial charge is 0.339 e. The van der Waals surface area contributed by atoms with Crippen LogP contribution in [0.15, 0.2) is 45.5 Å². The lowest BCUT2D eigenvalue weighted by atomic mass is 10.2. The van der Waals surface area contributed by atoms with Gasteiger partial charge in [0.1, 0.15) is 5.82 Å². The Morgan fingerprint density at radius 1 is 1.24 bits per heavy atom. The van der Waals surface area contributed by atoms with Gasteiger partial charge in [-0.3, -0.25) is 0 Å². The molecule has 0 spiro atoms. The van der Waals surface area contributed by atoms with Gasteiger partial charge in [-0.25, -0.2) is 4.98 Å². The lowest BCUT2D eigenvalue weighted by Gasteiger charge is -2.08. The number of nitrogens with zero attached hydrogens (tertiary/aromatic N) is 1. The van der Waals surface area contributed by atoms with Crippen molar-refractivity contribution in [1.82, 2.24) is 4.98 Å². The molecule has 2 aromatic rings. The molecule has 0 unspecified atom stereocenters. The van der Waals surface area contributed by atoms with Gasteiger partial charge >= 0.3 is 0 Å². The van der Waals surface area contributed by atoms with Crippen LogP contribution in [-0.2, 0) is 6.54 Å². The molecule has 0 saturated carbocycles. The number of hydrogen-bond donors (Lipinski definition) is 2. The highest BCUT2D eigenvalue weighted by atomic mass is 79.9. The summed E-state index contributed by atoms with van der Waals surface area (Å²) in [4.78, 5) is 4.29. The molecule has 0 aliphatic rings. The third-order valence-electron chi connectivity index (χ3n) is 2.23. The zero-order chi connectivity index (χ0) is 12.3. The summed E-state index contributed by atoms with van der Waals surface area (Å²) in [5.41, 5.74) is 7.66. The van der Waals surface area contributed by atoms with E-state index in [2.05, 4.69) is 42.2 Å². The molecule has 0 aliphatic heterocycles. The molecular formula is C12H11Br2N3. The van der Waals surface area contributed by atoms with E-state index in [0.29, 0.717) is 6.54 Å². The quantitative estimate of drug-likeness (QED) is 0.879. The lowest BCUT2D eigenvalue weighted by molar-refractivity contribution is 1.07. The summed E-state index contributed by atoms with van der Waals surface area (Å²) < 4.78 is 1.84. The Morgan fingerprint density at radius 3 is 2.76 bits per heavy atom. The van der Waals surface area contributed by atoms with Crippen molar-refractivity contribution in [3.05, 3.63) is 51.0 Å². The number of rotatable bonds is 3. The fourth-order valence-corrected chi connectivity index (χ4v) is 2.51. The predicted molar refractivity (Wildman–Crippen MR) is 77.3 cm³/mol. The Kier molecular flexibility index (Phi) is 4.15. The van der Waals surface area contributed by atoms with Crippen LogP contribution in [0, 0.1) is 0 Å². The number of nitrogens with two attached hydrogens (primary N) is 1. The minimum atomic E-state index is 0.532. The van der Waals surface area contributed by atoms with E-state index in [-0.39, 0.29) is 0 Å². The Hall–Kier alpha value is -0.910. The second-order valence-electron chi connectivity index (χ2n) is 3.51. The van der Waals surface area contributed by atoms with Gasteiger partial charge in [0.15, 0.2) is 0 Å². The monoisotopic (exact) mass is 355 g/mol. The third kappa shape index (κ3) is 3.28. The maximum atomic E-state index is 5.60. The molecule has 0 radical (unpaired) electrons. The first-order chi connectivity index (χ1) is 8.19. The average Bonchev–Trinajstić information content (AvgIpc) is 2.33. The summed E-state index contributed by atoms with van der Waals surface area (Å²) in [5, 5.41) is 3.24. The number of benzene rings is 1. The smallest absolute Gasteiger partial charge is 0.144 e. The summed E-state index contributed by atoms with van der Waals surface area (Å²) in [6.45, 7) is 0.532. The van der Waals surface area contributed by atoms with Gasteiger partial charge in [0.2, 0.25) is 0 Å². The molecule has 17 heavy (non-hydrogen) atoms. The molecule has 1 heterocycles. The zero-order valence-corrected chi connectivity index (χ0v) is 12.1. The third-order valence-corrected chi connectivity index (χ3v) is 3.27. The number of hydrogen-bond acceptors (Lipinski definition) is 3. The topological polar surface area (TPSA) is 50.9 Å². The van der Waals surface area contributed by atoms with Crippen LogP contribution in [0.25, 0.3) is 0 Å². The van der Waals surface area contributed by atoms with Crippen LogP contribution < -0.4 is 11.1 Å². The van der Waals surface area contributed by atoms with Crippen molar-refractivity contribution in [1.29, 1.82) is 0 Å². The molecule has 1 aromatic heterocycles. The predicted octanol–water partition coefficient (Wildman–Crippen LogP) is 3.81. The van der Waals surface area contributed by atoms with Crippen LogP contribution in [0.3, 0.4) is 0 Å². The summed E-state index contributed by atoms with van der Waals surface area (Å²) in [7, 11) is 0. The fraction of sp³-hybridized carbons (Fsp3) is 0.0833. The van der Waals surface area contributed by atoms with Crippen molar-refractivity contribution in [3.63, 3.8) is 0 Å². The molecule has 1 aromatic carbocycles. The maximum absolute atomic E-state index is 5.60. The Balaban J connectivity index is 2.25. The first-order valence-corrected chi connectivity index (χ1v) is 6.64. The molecule has 0 aliphatic carbocycles. The number of anilines is 2. The van der Waals surface area contributed by atoms with Crippen LogP contribution in [0.4, 0.5) is 11.5 Å². The first-order valence-electron chi connectivity index (χ1n) is 5.06. The number of pyridine rings is 1. The summed E-state index contributed by atoms with van der Waals surface area (Å²) in [5.74, 6) is 0.780. The van der Waals surface area contributed by atoms with E-state index in [4.69, 9.17) is 5.73 Å². The Bertz CT molecular complexity index is 529. The molecule has 0 atom stereocenters. The van der Waals surface area contributed by atoms with Gasteiger partial charge < -0.3 is 11.1 Å². The molecule has 0 fully saturated rings. The second kappa shape index (κ2) is 5.62. The number of nitrogens with one attached hydrogen (secondary N) is 1. The molecule has 0 amide bonds. The van der Waals surface area contributed by atoms with Crippen LogP contribution in [0.5, 0.6) is 0 Å². The minimum Gasteiger partial charge on any atom is -0.339 e. The van der Waals surface area contributed by atoms with E-state index in [9.17, 15) is 0 Å². The number of halogens is 2. The average molecular weight is 357 g/mol. The summed E-state index contributed by atoms with van der Waals surface area (Å²) in [6.07, 6.45) is 1.75. The van der Waals surface area contributed by atoms with Crippen LogP contribution in [0.1, 0.15) is 5.56 Å². The van der Waals surface area contributed by atoms with Crippen molar-refractivity contribution >= 4 is 43.4 Å². The molecule has 5 heteroatoms. The zero-order valence-electron chi connectivity index (χ0n) is 8.95. The normalized spacial score (nSPS) is 10.3. The lowest BCUT2D eigenvalue weighted by Crippen LogP contribution is -1.98. The van der Waals surface area contributed by atoms with Crippen molar-refractivity contribution in [2.24, 2.45) is 5.73 Å². The van der Waals surface area contributed by atoms with Gasteiger partial charge in [0, 0.05) is 22.9 Å². The van der Waals surface area contributed by atoms with Gasteiger partial charge in [-0.2, -0.15) is 0 Å². The fourth-order valence-electron chi connectivity index (χ4n) is 1.42. The SMILES string of the molecule is NCc1cccc(Nc2ncc(Br)cc2Br)c1. The molecular weight excluding hydrogens is 346 g/mol. The summed E-state index contributed by atoms with van der Waals surface area (Å²) in [6, 6.07) is 9.90. The highest BCUT2D eigenvalue weighted by Crippen LogP contribution is 2.26. The van der Waals surface area contributed by atoms with E-state index >= 15 is 0 Å². The second-order valence-corrected chi connectivity index (χ2v) is 5.28. The van der Waals surface area contributed by atoms with E-state index in [1.165, 1.54) is 0 Å². The van der Waals surface area contributed by atoms with Crippen molar-refractivity contribution < 1.29 is 0 Å². The summed E-state index contributed by atoms with van der Waals surface area (Å²) >= 11 is 6.83. The minimum absolute atomic E-state index is 0.532. The first kappa shape index (κ1) is 12.5. The molecule has 3 nitrogen and oxygen atoms in total. The van der Waals surface area contributed by atoms with Gasteiger partial charge in [-0.1, -0.05) is 12.1 Å². The Morgan fingerprint density at radius 2 is 2.06 bits per heavy atom. The van der Waals surface area contributed by atoms with Crippen molar-refractivity contribution in [2.45, 2.75) is 6.54 Å². The highest BCUT2D eigenvalue weighted by molar-refractivity contribution is 9.11. The van der Waals surface area contributed by atoms with Crippen LogP contribution >= 0.6 is 31.9 Å². The van der Waals surface area contributed by atoms with Crippen LogP contribution in [0.2, 0.25) is 0 Å². The standard InChI is InChI=1S/C12H11Br2N3/c13-9-5-11(14)12(16-7-9)17-10-3-1-2-8(4-10)6-15/h1-5,7H,6,15H2,(H,16,17). The molecule has 0 saturated heterocycles. The maximum Gasteiger partial charge on any atom is 0.144 e. The van der Waals surface area contributed by atoms with Crippen molar-refractivity contribution in [2.75, 3.05) is 5.32 Å². The van der Waals surface area contributed by atoms with E-state index < -0.39 is 0 Å². The molecule has 2 rings (SSSR count). The Labute approximate surface area is 117 Å². The van der Waals surface area contributed by atoms with Gasteiger partial charge in [-0.15, -0.1) is 0 Å². The molecule has 88 valence electrons. The molecule has 3 N–H and O–H groups in total. The molecule has 0 bridgehead atoms. The van der Waals surface area contributed by atoms with Crippen LogP contribution in [-0.4, -0.2) is 4.98 Å². The van der Waals surface area contributed by atoms with Crippen molar-refractivity contribution in [3.8, 4) is 0 Å². The van der Waals surface area contributed by atoms with Gasteiger partial charge in [0.25, 0.3) is 0 Å². The van der Waals surface area contributed by atoms with E-state index in [1.807, 2.05) is 30.3 Å². The van der Waals surface area contributed by atoms with E-state index in [0.717, 1.165) is 26.0 Å². The number of aromatic nitrogens is 1. The highest BCUT2D eigenvalue weighted by Gasteiger charge is 2.03.